The van der Waals surface area contributed by atoms with Gasteiger partial charge in [-0.15, -0.1) is 11.3 Å². The van der Waals surface area contributed by atoms with Gasteiger partial charge in [0, 0.05) is 59.2 Å². The molecule has 3 aromatic rings. The number of carbonyl (C=O) groups is 2. The fraction of sp³-hybridized carbons (Fsp3) is 0.480. The maximum atomic E-state index is 13.3. The number of carbonyl (C=O) groups excluding carboxylic acids is 2. The molecule has 2 aliphatic heterocycles. The van der Waals surface area contributed by atoms with E-state index in [-0.39, 0.29) is 23.9 Å². The van der Waals surface area contributed by atoms with Gasteiger partial charge in [0.05, 0.1) is 24.9 Å². The molecule has 1 saturated heterocycles. The molecule has 2 atom stereocenters. The van der Waals surface area contributed by atoms with Crippen molar-refractivity contribution >= 4 is 45.7 Å². The van der Waals surface area contributed by atoms with E-state index in [4.69, 9.17) is 21.1 Å². The summed E-state index contributed by atoms with van der Waals surface area (Å²) in [5, 5.41) is 8.20. The Morgan fingerprint density at radius 1 is 1.19 bits per heavy atom. The number of thiazole rings is 1. The third-order valence-corrected chi connectivity index (χ3v) is 8.56. The first-order valence-corrected chi connectivity index (χ1v) is 13.4. The van der Waals surface area contributed by atoms with Crippen molar-refractivity contribution in [3.63, 3.8) is 0 Å². The molecule has 9 nitrogen and oxygen atoms in total. The zero-order valence-corrected chi connectivity index (χ0v) is 21.5. The number of likely N-dealkylation sites (N-methyl/N-ethyl adjacent to an activating group) is 1. The van der Waals surface area contributed by atoms with Crippen molar-refractivity contribution in [3.05, 3.63) is 50.6 Å². The summed E-state index contributed by atoms with van der Waals surface area (Å²) in [5.41, 5.74) is 2.29. The molecule has 1 aliphatic carbocycles. The highest BCUT2D eigenvalue weighted by Gasteiger charge is 2.46. The van der Waals surface area contributed by atoms with Crippen molar-refractivity contribution in [3.8, 4) is 0 Å². The van der Waals surface area contributed by atoms with Crippen LogP contribution in [0.2, 0.25) is 5.02 Å². The number of hydrogen-bond donors (Lipinski definition) is 3. The lowest BCUT2D eigenvalue weighted by Crippen LogP contribution is -2.58. The molecule has 2 fully saturated rings. The van der Waals surface area contributed by atoms with Crippen LogP contribution in [-0.4, -0.2) is 71.4 Å². The summed E-state index contributed by atoms with van der Waals surface area (Å²) in [6.07, 6.45) is 2.56. The number of aromatic nitrogens is 2. The van der Waals surface area contributed by atoms with Crippen molar-refractivity contribution in [2.45, 2.75) is 50.1 Å². The maximum absolute atomic E-state index is 13.3. The van der Waals surface area contributed by atoms with Gasteiger partial charge in [0.15, 0.2) is 10.8 Å². The van der Waals surface area contributed by atoms with Gasteiger partial charge in [-0.25, -0.2) is 4.98 Å². The minimum Gasteiger partial charge on any atom is -0.351 e. The monoisotopic (exact) mass is 529 g/mol. The molecule has 11 heteroatoms. The van der Waals surface area contributed by atoms with Gasteiger partial charge in [-0.2, -0.15) is 0 Å². The predicted molar refractivity (Wildman–Crippen MR) is 136 cm³/mol. The molecular weight excluding hydrogens is 502 g/mol. The molecule has 36 heavy (non-hydrogen) atoms. The first-order valence-electron chi connectivity index (χ1n) is 12.2. The Kier molecular flexibility index (Phi) is 6.25. The molecule has 190 valence electrons. The van der Waals surface area contributed by atoms with E-state index < -0.39 is 5.79 Å². The molecule has 3 aliphatic rings. The van der Waals surface area contributed by atoms with Crippen LogP contribution < -0.4 is 10.6 Å². The normalized spacial score (nSPS) is 23.6. The summed E-state index contributed by atoms with van der Waals surface area (Å²) < 4.78 is 11.9. The highest BCUT2D eigenvalue weighted by atomic mass is 35.5. The quantitative estimate of drug-likeness (QED) is 0.479. The van der Waals surface area contributed by atoms with E-state index in [2.05, 4.69) is 32.5 Å². The highest BCUT2D eigenvalue weighted by molar-refractivity contribution is 7.13. The van der Waals surface area contributed by atoms with Gasteiger partial charge in [0.1, 0.15) is 5.69 Å². The van der Waals surface area contributed by atoms with Crippen molar-refractivity contribution in [1.82, 2.24) is 25.5 Å². The van der Waals surface area contributed by atoms with Gasteiger partial charge in [-0.3, -0.25) is 9.59 Å². The maximum Gasteiger partial charge on any atom is 0.280 e. The van der Waals surface area contributed by atoms with E-state index in [1.165, 1.54) is 11.3 Å². The SMILES string of the molecule is CN1CCc2nc(C(=O)N[C@@H]3CC4(CC[C@@H]3NC(=O)c3cc5cc(Cl)ccc5[nH]3)OCCO4)sc2C1. The Balaban J connectivity index is 1.20. The minimum absolute atomic E-state index is 0.225. The molecule has 0 unspecified atom stereocenters. The fourth-order valence-electron chi connectivity index (χ4n) is 5.36. The molecule has 4 heterocycles. The van der Waals surface area contributed by atoms with Crippen LogP contribution in [-0.2, 0) is 22.4 Å². The molecule has 1 spiro atoms. The van der Waals surface area contributed by atoms with E-state index in [0.29, 0.717) is 48.2 Å². The molecule has 6 rings (SSSR count). The van der Waals surface area contributed by atoms with Crippen LogP contribution in [0.3, 0.4) is 0 Å². The Bertz CT molecular complexity index is 1320. The minimum atomic E-state index is -0.720. The van der Waals surface area contributed by atoms with Crippen molar-refractivity contribution in [1.29, 1.82) is 0 Å². The lowest BCUT2D eigenvalue weighted by atomic mass is 9.85. The smallest absolute Gasteiger partial charge is 0.280 e. The Hall–Kier alpha value is -2.50. The topological polar surface area (TPSA) is 109 Å². The van der Waals surface area contributed by atoms with Crippen LogP contribution in [0.1, 0.15) is 50.1 Å². The van der Waals surface area contributed by atoms with Crippen LogP contribution in [0.15, 0.2) is 24.3 Å². The summed E-state index contributed by atoms with van der Waals surface area (Å²) in [6, 6.07) is 6.59. The summed E-state index contributed by atoms with van der Waals surface area (Å²) in [7, 11) is 2.07. The largest absolute Gasteiger partial charge is 0.351 e. The van der Waals surface area contributed by atoms with Gasteiger partial charge in [0.25, 0.3) is 11.8 Å². The predicted octanol–water partition coefficient (Wildman–Crippen LogP) is 3.09. The van der Waals surface area contributed by atoms with E-state index in [1.54, 1.807) is 12.1 Å². The second kappa shape index (κ2) is 9.42. The van der Waals surface area contributed by atoms with Gasteiger partial charge in [0.2, 0.25) is 0 Å². The van der Waals surface area contributed by atoms with Gasteiger partial charge in [-0.05, 0) is 37.7 Å². The number of hydrogen-bond acceptors (Lipinski definition) is 7. The van der Waals surface area contributed by atoms with Gasteiger partial charge in [-0.1, -0.05) is 11.6 Å². The second-order valence-corrected chi connectivity index (χ2v) is 11.3. The molecule has 0 bridgehead atoms. The number of nitrogens with zero attached hydrogens (tertiary/aromatic N) is 2. The first-order chi connectivity index (χ1) is 17.4. The molecule has 1 saturated carbocycles. The van der Waals surface area contributed by atoms with Crippen LogP contribution >= 0.6 is 22.9 Å². The zero-order valence-electron chi connectivity index (χ0n) is 19.9. The van der Waals surface area contributed by atoms with E-state index in [0.717, 1.165) is 41.0 Å². The van der Waals surface area contributed by atoms with Crippen LogP contribution in [0.4, 0.5) is 0 Å². The standard InChI is InChI=1S/C25H28ClN5O4S/c1-31-7-5-18-21(13-31)36-24(30-18)23(33)29-20-12-25(34-8-9-35-25)6-4-17(20)28-22(32)19-11-14-10-15(26)2-3-16(14)27-19/h2-3,10-11,17,20,27H,4-9,12-13H2,1H3,(H,28,32)(H,29,33)/t17-,20+/m0/s1. The lowest BCUT2D eigenvalue weighted by Gasteiger charge is -2.41. The molecular formula is C25H28ClN5O4S. The average Bonchev–Trinajstić information content (AvgIpc) is 3.58. The Labute approximate surface area is 217 Å². The van der Waals surface area contributed by atoms with Crippen LogP contribution in [0.5, 0.6) is 0 Å². The summed E-state index contributed by atoms with van der Waals surface area (Å²) in [4.78, 5) is 37.6. The van der Waals surface area contributed by atoms with E-state index in [9.17, 15) is 9.59 Å². The molecule has 3 N–H and O–H groups in total. The number of rotatable bonds is 4. The first kappa shape index (κ1) is 23.9. The molecule has 1 aromatic carbocycles. The molecule has 0 radical (unpaired) electrons. The van der Waals surface area contributed by atoms with Gasteiger partial charge >= 0.3 is 0 Å². The lowest BCUT2D eigenvalue weighted by molar-refractivity contribution is -0.184. The number of fused-ring (bicyclic) bond motifs is 2. The molecule has 2 amide bonds. The second-order valence-electron chi connectivity index (χ2n) is 9.80. The zero-order chi connectivity index (χ0) is 24.9. The number of H-pyrrole nitrogens is 1. The number of benzene rings is 1. The number of halogens is 1. The summed E-state index contributed by atoms with van der Waals surface area (Å²) in [5.74, 6) is -1.18. The number of ether oxygens (including phenoxy) is 2. The Morgan fingerprint density at radius 3 is 2.83 bits per heavy atom. The van der Waals surface area contributed by atoms with Crippen molar-refractivity contribution < 1.29 is 19.1 Å². The number of nitrogens with one attached hydrogen (secondary N) is 3. The van der Waals surface area contributed by atoms with E-state index >= 15 is 0 Å². The highest BCUT2D eigenvalue weighted by Crippen LogP contribution is 2.36. The van der Waals surface area contributed by atoms with Crippen molar-refractivity contribution in [2.24, 2.45) is 0 Å². The molecule has 2 aromatic heterocycles. The number of amides is 2. The Morgan fingerprint density at radius 2 is 2.00 bits per heavy atom. The van der Waals surface area contributed by atoms with Crippen LogP contribution in [0.25, 0.3) is 10.9 Å². The summed E-state index contributed by atoms with van der Waals surface area (Å²) in [6.45, 7) is 2.80. The average molecular weight is 530 g/mol. The third-order valence-electron chi connectivity index (χ3n) is 7.24. The third kappa shape index (κ3) is 4.64. The van der Waals surface area contributed by atoms with E-state index in [1.807, 2.05) is 12.1 Å². The summed E-state index contributed by atoms with van der Waals surface area (Å²) >= 11 is 7.54. The fourth-order valence-corrected chi connectivity index (χ4v) is 6.63. The van der Waals surface area contributed by atoms with Crippen molar-refractivity contribution in [2.75, 3.05) is 26.8 Å². The number of aromatic amines is 1. The van der Waals surface area contributed by atoms with Crippen LogP contribution in [0, 0.1) is 0 Å². The van der Waals surface area contributed by atoms with Gasteiger partial charge < -0.3 is 30.0 Å².